The predicted octanol–water partition coefficient (Wildman–Crippen LogP) is 2.87. The molecule has 3 N–H and O–H groups in total. The van der Waals surface area contributed by atoms with E-state index in [9.17, 15) is 4.79 Å². The molecule has 2 rings (SSSR count). The highest BCUT2D eigenvalue weighted by Gasteiger charge is 2.18. The Hall–Kier alpha value is -2.13. The first kappa shape index (κ1) is 14.3. The molecule has 104 valence electrons. The monoisotopic (exact) mass is 268 g/mol. The SMILES string of the molecule is Cc1ccccc1C(C)NC(=O)[C@H](N)c1ccccc1. The van der Waals surface area contributed by atoms with Gasteiger partial charge in [0.15, 0.2) is 0 Å². The van der Waals surface area contributed by atoms with Crippen molar-refractivity contribution < 1.29 is 4.79 Å². The standard InChI is InChI=1S/C17H20N2O/c1-12-8-6-7-11-15(12)13(2)19-17(20)16(18)14-9-4-3-5-10-14/h3-11,13,16H,18H2,1-2H3,(H,19,20)/t13?,16-/m1/s1. The van der Waals surface area contributed by atoms with Gasteiger partial charge in [-0.15, -0.1) is 0 Å². The molecule has 0 aliphatic heterocycles. The van der Waals surface area contributed by atoms with Crippen LogP contribution in [0.4, 0.5) is 0 Å². The summed E-state index contributed by atoms with van der Waals surface area (Å²) in [7, 11) is 0. The number of rotatable bonds is 4. The van der Waals surface area contributed by atoms with Gasteiger partial charge in [-0.25, -0.2) is 0 Å². The zero-order valence-electron chi connectivity index (χ0n) is 11.8. The van der Waals surface area contributed by atoms with Crippen molar-refractivity contribution in [3.63, 3.8) is 0 Å². The molecule has 0 aromatic heterocycles. The fraction of sp³-hybridized carbons (Fsp3) is 0.235. The Morgan fingerprint density at radius 3 is 2.30 bits per heavy atom. The molecule has 2 atom stereocenters. The molecule has 1 amide bonds. The predicted molar refractivity (Wildman–Crippen MR) is 81.1 cm³/mol. The molecule has 2 aromatic rings. The highest BCUT2D eigenvalue weighted by atomic mass is 16.2. The molecule has 2 aromatic carbocycles. The van der Waals surface area contributed by atoms with Crippen LogP contribution in [0.1, 0.15) is 35.7 Å². The Balaban J connectivity index is 2.07. The summed E-state index contributed by atoms with van der Waals surface area (Å²) in [5.74, 6) is -0.160. The lowest BCUT2D eigenvalue weighted by atomic mass is 10.0. The summed E-state index contributed by atoms with van der Waals surface area (Å²) in [5.41, 5.74) is 9.09. The lowest BCUT2D eigenvalue weighted by molar-refractivity contribution is -0.123. The molecule has 0 saturated carbocycles. The molecule has 20 heavy (non-hydrogen) atoms. The zero-order valence-corrected chi connectivity index (χ0v) is 11.8. The number of hydrogen-bond donors (Lipinski definition) is 2. The fourth-order valence-corrected chi connectivity index (χ4v) is 2.27. The first-order valence-electron chi connectivity index (χ1n) is 6.76. The van der Waals surface area contributed by atoms with E-state index in [-0.39, 0.29) is 11.9 Å². The summed E-state index contributed by atoms with van der Waals surface area (Å²) < 4.78 is 0. The van der Waals surface area contributed by atoms with Gasteiger partial charge in [-0.1, -0.05) is 54.6 Å². The minimum Gasteiger partial charge on any atom is -0.348 e. The molecule has 1 unspecified atom stereocenters. The molecule has 3 nitrogen and oxygen atoms in total. The summed E-state index contributed by atoms with van der Waals surface area (Å²) in [6.45, 7) is 4.01. The maximum Gasteiger partial charge on any atom is 0.241 e. The molecule has 0 radical (unpaired) electrons. The van der Waals surface area contributed by atoms with Gasteiger partial charge in [0, 0.05) is 0 Å². The van der Waals surface area contributed by atoms with Crippen LogP contribution in [-0.4, -0.2) is 5.91 Å². The van der Waals surface area contributed by atoms with Crippen LogP contribution in [0.5, 0.6) is 0 Å². The van der Waals surface area contributed by atoms with E-state index in [4.69, 9.17) is 5.73 Å². The maximum atomic E-state index is 12.2. The summed E-state index contributed by atoms with van der Waals surface area (Å²) in [6.07, 6.45) is 0. The van der Waals surface area contributed by atoms with E-state index in [1.54, 1.807) is 0 Å². The highest BCUT2D eigenvalue weighted by Crippen LogP contribution is 2.18. The molecule has 0 aliphatic rings. The number of benzene rings is 2. The summed E-state index contributed by atoms with van der Waals surface area (Å²) in [4.78, 5) is 12.2. The molecule has 0 saturated heterocycles. The third-order valence-electron chi connectivity index (χ3n) is 3.45. The average Bonchev–Trinajstić information content (AvgIpc) is 2.47. The number of carbonyl (C=O) groups is 1. The molecular weight excluding hydrogens is 248 g/mol. The second-order valence-electron chi connectivity index (χ2n) is 4.98. The number of nitrogens with one attached hydrogen (secondary N) is 1. The van der Waals surface area contributed by atoms with Gasteiger partial charge >= 0.3 is 0 Å². The van der Waals surface area contributed by atoms with E-state index >= 15 is 0 Å². The highest BCUT2D eigenvalue weighted by molar-refractivity contribution is 5.83. The van der Waals surface area contributed by atoms with Crippen molar-refractivity contribution in [3.05, 3.63) is 71.3 Å². The van der Waals surface area contributed by atoms with Crippen molar-refractivity contribution >= 4 is 5.91 Å². The fourth-order valence-electron chi connectivity index (χ4n) is 2.27. The Kier molecular flexibility index (Phi) is 4.53. The van der Waals surface area contributed by atoms with E-state index in [2.05, 4.69) is 5.32 Å². The Morgan fingerprint density at radius 1 is 1.05 bits per heavy atom. The molecular formula is C17H20N2O. The van der Waals surface area contributed by atoms with Gasteiger partial charge in [0.1, 0.15) is 6.04 Å². The molecule has 0 spiro atoms. The first-order valence-corrected chi connectivity index (χ1v) is 6.76. The smallest absolute Gasteiger partial charge is 0.241 e. The van der Waals surface area contributed by atoms with Crippen LogP contribution in [0.3, 0.4) is 0 Å². The van der Waals surface area contributed by atoms with E-state index < -0.39 is 6.04 Å². The number of nitrogens with two attached hydrogens (primary N) is 1. The van der Waals surface area contributed by atoms with Crippen LogP contribution in [0.25, 0.3) is 0 Å². The molecule has 3 heteroatoms. The molecule has 0 heterocycles. The Bertz CT molecular complexity index is 581. The van der Waals surface area contributed by atoms with Crippen LogP contribution in [0, 0.1) is 6.92 Å². The lowest BCUT2D eigenvalue weighted by Gasteiger charge is -2.19. The average molecular weight is 268 g/mol. The normalized spacial score (nSPS) is 13.6. The summed E-state index contributed by atoms with van der Waals surface area (Å²) in [6, 6.07) is 16.7. The van der Waals surface area contributed by atoms with Gasteiger partial charge in [-0.3, -0.25) is 4.79 Å². The number of hydrogen-bond acceptors (Lipinski definition) is 2. The topological polar surface area (TPSA) is 55.1 Å². The van der Waals surface area contributed by atoms with Gasteiger partial charge in [0.05, 0.1) is 6.04 Å². The molecule has 0 aliphatic carbocycles. The van der Waals surface area contributed by atoms with E-state index in [1.807, 2.05) is 68.4 Å². The summed E-state index contributed by atoms with van der Waals surface area (Å²) >= 11 is 0. The van der Waals surface area contributed by atoms with Crippen molar-refractivity contribution in [3.8, 4) is 0 Å². The van der Waals surface area contributed by atoms with Crippen molar-refractivity contribution in [1.29, 1.82) is 0 Å². The second-order valence-corrected chi connectivity index (χ2v) is 4.98. The number of amides is 1. The van der Waals surface area contributed by atoms with E-state index in [0.717, 1.165) is 16.7 Å². The zero-order chi connectivity index (χ0) is 14.5. The van der Waals surface area contributed by atoms with Crippen molar-refractivity contribution in [2.75, 3.05) is 0 Å². The molecule has 0 bridgehead atoms. The van der Waals surface area contributed by atoms with Crippen molar-refractivity contribution in [2.24, 2.45) is 5.73 Å². The number of carbonyl (C=O) groups excluding carboxylic acids is 1. The van der Waals surface area contributed by atoms with Crippen LogP contribution in [0.15, 0.2) is 54.6 Å². The van der Waals surface area contributed by atoms with Crippen molar-refractivity contribution in [2.45, 2.75) is 25.9 Å². The van der Waals surface area contributed by atoms with Gasteiger partial charge in [0.2, 0.25) is 5.91 Å². The van der Waals surface area contributed by atoms with Crippen molar-refractivity contribution in [1.82, 2.24) is 5.32 Å². The second kappa shape index (κ2) is 6.35. The van der Waals surface area contributed by atoms with E-state index in [0.29, 0.717) is 0 Å². The van der Waals surface area contributed by atoms with Gasteiger partial charge in [-0.05, 0) is 30.5 Å². The maximum absolute atomic E-state index is 12.2. The Morgan fingerprint density at radius 2 is 1.65 bits per heavy atom. The quantitative estimate of drug-likeness (QED) is 0.896. The Labute approximate surface area is 119 Å². The van der Waals surface area contributed by atoms with Crippen LogP contribution in [-0.2, 0) is 4.79 Å². The van der Waals surface area contributed by atoms with E-state index in [1.165, 1.54) is 0 Å². The van der Waals surface area contributed by atoms with Crippen LogP contribution in [0.2, 0.25) is 0 Å². The van der Waals surface area contributed by atoms with Crippen LogP contribution >= 0.6 is 0 Å². The van der Waals surface area contributed by atoms with Gasteiger partial charge < -0.3 is 11.1 Å². The van der Waals surface area contributed by atoms with Crippen LogP contribution < -0.4 is 11.1 Å². The van der Waals surface area contributed by atoms with Gasteiger partial charge in [0.25, 0.3) is 0 Å². The molecule has 0 fully saturated rings. The largest absolute Gasteiger partial charge is 0.348 e. The third kappa shape index (κ3) is 3.25. The van der Waals surface area contributed by atoms with Gasteiger partial charge in [-0.2, -0.15) is 0 Å². The number of aryl methyl sites for hydroxylation is 1. The summed E-state index contributed by atoms with van der Waals surface area (Å²) in [5, 5.41) is 2.97. The lowest BCUT2D eigenvalue weighted by Crippen LogP contribution is -2.35. The minimum atomic E-state index is -0.636. The first-order chi connectivity index (χ1) is 9.59. The minimum absolute atomic E-state index is 0.0570. The third-order valence-corrected chi connectivity index (χ3v) is 3.45.